The molecule has 1 saturated heterocycles. The number of rotatable bonds is 2. The Hall–Kier alpha value is -2.54. The van der Waals surface area contributed by atoms with Crippen LogP contribution in [-0.4, -0.2) is 21.7 Å². The van der Waals surface area contributed by atoms with Crippen LogP contribution in [0.1, 0.15) is 24.7 Å². The lowest BCUT2D eigenvalue weighted by atomic mass is 10.1. The molecule has 2 aromatic heterocycles. The lowest BCUT2D eigenvalue weighted by Gasteiger charge is -2.03. The minimum absolute atomic E-state index is 0.0863. The molecule has 0 amide bonds. The first kappa shape index (κ1) is 13.1. The van der Waals surface area contributed by atoms with Gasteiger partial charge in [0.15, 0.2) is 5.82 Å². The molecule has 0 bridgehead atoms. The van der Waals surface area contributed by atoms with Gasteiger partial charge in [0.2, 0.25) is 5.56 Å². The number of nitrogens with zero attached hydrogens (tertiary/aromatic N) is 2. The number of aromatic nitrogens is 3. The molecule has 22 heavy (non-hydrogen) atoms. The summed E-state index contributed by atoms with van der Waals surface area (Å²) in [5.41, 5.74) is 0.573. The average Bonchev–Trinajstić information content (AvgIpc) is 3.17. The highest BCUT2D eigenvalue weighted by molar-refractivity contribution is 5.91. The van der Waals surface area contributed by atoms with Crippen molar-refractivity contribution in [1.82, 2.24) is 20.4 Å². The summed E-state index contributed by atoms with van der Waals surface area (Å²) in [7, 11) is 0. The number of pyridine rings is 1. The van der Waals surface area contributed by atoms with Gasteiger partial charge in [-0.1, -0.05) is 5.16 Å². The smallest absolute Gasteiger partial charge is 0.258 e. The number of H-pyrrole nitrogens is 1. The first-order valence-electron chi connectivity index (χ1n) is 7.11. The third-order valence-electron chi connectivity index (χ3n) is 3.85. The highest BCUT2D eigenvalue weighted by atomic mass is 19.1. The second-order valence-electron chi connectivity index (χ2n) is 5.34. The molecule has 0 saturated carbocycles. The summed E-state index contributed by atoms with van der Waals surface area (Å²) in [6.45, 7) is 0.932. The van der Waals surface area contributed by atoms with Crippen LogP contribution in [0.25, 0.3) is 22.4 Å². The van der Waals surface area contributed by atoms with E-state index in [0.29, 0.717) is 22.3 Å². The average molecular weight is 300 g/mol. The van der Waals surface area contributed by atoms with E-state index in [1.54, 1.807) is 6.07 Å². The van der Waals surface area contributed by atoms with Gasteiger partial charge in [-0.05, 0) is 37.6 Å². The van der Waals surface area contributed by atoms with E-state index in [1.807, 2.05) is 0 Å². The Bertz CT molecular complexity index is 896. The second-order valence-corrected chi connectivity index (χ2v) is 5.34. The van der Waals surface area contributed by atoms with Gasteiger partial charge in [0.05, 0.1) is 17.1 Å². The van der Waals surface area contributed by atoms with Gasteiger partial charge >= 0.3 is 0 Å². The summed E-state index contributed by atoms with van der Waals surface area (Å²) in [5.74, 6) is 0.441. The molecule has 1 aromatic carbocycles. The summed E-state index contributed by atoms with van der Waals surface area (Å²) in [6.07, 6.45) is 2.03. The van der Waals surface area contributed by atoms with Crippen LogP contribution in [-0.2, 0) is 0 Å². The molecular weight excluding hydrogens is 287 g/mol. The van der Waals surface area contributed by atoms with Crippen LogP contribution in [0.15, 0.2) is 33.6 Å². The van der Waals surface area contributed by atoms with Crippen molar-refractivity contribution < 1.29 is 8.91 Å². The lowest BCUT2D eigenvalue weighted by molar-refractivity contribution is 0.412. The van der Waals surface area contributed by atoms with Crippen molar-refractivity contribution in [3.8, 4) is 11.5 Å². The van der Waals surface area contributed by atoms with Gasteiger partial charge < -0.3 is 14.8 Å². The van der Waals surface area contributed by atoms with Crippen LogP contribution >= 0.6 is 0 Å². The number of benzene rings is 1. The molecule has 0 aliphatic carbocycles. The Morgan fingerprint density at radius 3 is 3.05 bits per heavy atom. The monoisotopic (exact) mass is 300 g/mol. The van der Waals surface area contributed by atoms with Crippen molar-refractivity contribution in [2.24, 2.45) is 0 Å². The summed E-state index contributed by atoms with van der Waals surface area (Å²) in [6, 6.07) is 5.67. The minimum atomic E-state index is -0.415. The highest BCUT2D eigenvalue weighted by Gasteiger charge is 2.22. The Labute approximate surface area is 124 Å². The Balaban J connectivity index is 1.85. The minimum Gasteiger partial charge on any atom is -0.334 e. The fourth-order valence-corrected chi connectivity index (χ4v) is 2.80. The molecule has 3 aromatic rings. The predicted octanol–water partition coefficient (Wildman–Crippen LogP) is 2.14. The SMILES string of the molecule is O=c1cc(-c2nc(C3CCCN3)no2)c2ccc(F)cc2[nH]1. The quantitative estimate of drug-likeness (QED) is 0.757. The van der Waals surface area contributed by atoms with E-state index < -0.39 is 5.82 Å². The van der Waals surface area contributed by atoms with E-state index in [9.17, 15) is 9.18 Å². The lowest BCUT2D eigenvalue weighted by Crippen LogP contribution is -2.14. The number of nitrogens with one attached hydrogen (secondary N) is 2. The van der Waals surface area contributed by atoms with Gasteiger partial charge in [0, 0.05) is 11.5 Å². The van der Waals surface area contributed by atoms with Crippen LogP contribution in [0.4, 0.5) is 4.39 Å². The van der Waals surface area contributed by atoms with Crippen molar-refractivity contribution in [1.29, 1.82) is 0 Å². The number of fused-ring (bicyclic) bond motifs is 1. The first-order chi connectivity index (χ1) is 10.7. The summed E-state index contributed by atoms with van der Waals surface area (Å²) in [5, 5.41) is 7.95. The number of aromatic amines is 1. The fourth-order valence-electron chi connectivity index (χ4n) is 2.80. The maximum Gasteiger partial charge on any atom is 0.258 e. The normalized spacial score (nSPS) is 18.1. The topological polar surface area (TPSA) is 83.8 Å². The van der Waals surface area contributed by atoms with Gasteiger partial charge in [-0.3, -0.25) is 4.79 Å². The molecule has 2 N–H and O–H groups in total. The maximum absolute atomic E-state index is 13.3. The molecule has 0 radical (unpaired) electrons. The van der Waals surface area contributed by atoms with Crippen LogP contribution < -0.4 is 10.9 Å². The molecule has 112 valence electrons. The van der Waals surface area contributed by atoms with E-state index in [2.05, 4.69) is 20.4 Å². The van der Waals surface area contributed by atoms with E-state index in [0.717, 1.165) is 19.4 Å². The number of hydrogen-bond acceptors (Lipinski definition) is 5. The molecule has 1 aliphatic heterocycles. The van der Waals surface area contributed by atoms with Gasteiger partial charge in [-0.25, -0.2) is 4.39 Å². The van der Waals surface area contributed by atoms with Crippen LogP contribution in [0.3, 0.4) is 0 Å². The van der Waals surface area contributed by atoms with Gasteiger partial charge in [0.25, 0.3) is 5.89 Å². The maximum atomic E-state index is 13.3. The predicted molar refractivity (Wildman–Crippen MR) is 77.8 cm³/mol. The Morgan fingerprint density at radius 2 is 2.23 bits per heavy atom. The molecule has 1 aliphatic rings. The zero-order valence-corrected chi connectivity index (χ0v) is 11.6. The first-order valence-corrected chi connectivity index (χ1v) is 7.11. The number of halogens is 1. The van der Waals surface area contributed by atoms with Crippen LogP contribution in [0.5, 0.6) is 0 Å². The highest BCUT2D eigenvalue weighted by Crippen LogP contribution is 2.28. The van der Waals surface area contributed by atoms with E-state index in [1.165, 1.54) is 18.2 Å². The molecule has 1 atom stereocenters. The van der Waals surface area contributed by atoms with Crippen LogP contribution in [0, 0.1) is 5.82 Å². The molecular formula is C15H13FN4O2. The molecule has 3 heterocycles. The van der Waals surface area contributed by atoms with Crippen LogP contribution in [0.2, 0.25) is 0 Å². The standard InChI is InChI=1S/C15H13FN4O2/c16-8-3-4-9-10(7-13(21)18-12(9)6-8)15-19-14(20-22-15)11-2-1-5-17-11/h3-4,6-7,11,17H,1-2,5H2,(H,18,21). The molecule has 0 spiro atoms. The van der Waals surface area contributed by atoms with Gasteiger partial charge in [-0.2, -0.15) is 4.98 Å². The molecule has 1 fully saturated rings. The summed E-state index contributed by atoms with van der Waals surface area (Å²) >= 11 is 0. The van der Waals surface area contributed by atoms with Crippen molar-refractivity contribution in [3.05, 3.63) is 46.3 Å². The third-order valence-corrected chi connectivity index (χ3v) is 3.85. The van der Waals surface area contributed by atoms with E-state index in [4.69, 9.17) is 4.52 Å². The summed E-state index contributed by atoms with van der Waals surface area (Å²) < 4.78 is 18.6. The van der Waals surface area contributed by atoms with Crippen molar-refractivity contribution in [2.45, 2.75) is 18.9 Å². The third kappa shape index (κ3) is 2.19. The second kappa shape index (κ2) is 5.03. The molecule has 6 nitrogen and oxygen atoms in total. The Kier molecular flexibility index (Phi) is 3.00. The van der Waals surface area contributed by atoms with E-state index in [-0.39, 0.29) is 17.5 Å². The number of hydrogen-bond donors (Lipinski definition) is 2. The largest absolute Gasteiger partial charge is 0.334 e. The molecule has 4 rings (SSSR count). The van der Waals surface area contributed by atoms with Crippen molar-refractivity contribution in [3.63, 3.8) is 0 Å². The van der Waals surface area contributed by atoms with Crippen molar-refractivity contribution >= 4 is 10.9 Å². The zero-order valence-electron chi connectivity index (χ0n) is 11.6. The fraction of sp³-hybridized carbons (Fsp3) is 0.267. The zero-order chi connectivity index (χ0) is 15.1. The van der Waals surface area contributed by atoms with E-state index >= 15 is 0 Å². The van der Waals surface area contributed by atoms with Gasteiger partial charge in [-0.15, -0.1) is 0 Å². The molecule has 1 unspecified atom stereocenters. The summed E-state index contributed by atoms with van der Waals surface area (Å²) in [4.78, 5) is 18.8. The Morgan fingerprint density at radius 1 is 1.32 bits per heavy atom. The van der Waals surface area contributed by atoms with Crippen molar-refractivity contribution in [2.75, 3.05) is 6.54 Å². The van der Waals surface area contributed by atoms with Gasteiger partial charge in [0.1, 0.15) is 5.82 Å². The molecule has 7 heteroatoms.